The van der Waals surface area contributed by atoms with Gasteiger partial charge in [0.25, 0.3) is 0 Å². The molecule has 0 aliphatic heterocycles. The van der Waals surface area contributed by atoms with E-state index in [-0.39, 0.29) is 23.3 Å². The third kappa shape index (κ3) is 9.24. The summed E-state index contributed by atoms with van der Waals surface area (Å²) >= 11 is 0. The normalized spacial score (nSPS) is 13.1. The highest BCUT2D eigenvalue weighted by atomic mass is 31.2. The molecule has 3 rings (SSSR count). The predicted octanol–water partition coefficient (Wildman–Crippen LogP) is 1.30. The fraction of sp³-hybridized carbons (Fsp3) is 0.280. The molecule has 2 aromatic carbocycles. The van der Waals surface area contributed by atoms with Crippen molar-refractivity contribution in [3.63, 3.8) is 0 Å². The van der Waals surface area contributed by atoms with Gasteiger partial charge < -0.3 is 39.0 Å². The molecule has 1 heterocycles. The van der Waals surface area contributed by atoms with Crippen molar-refractivity contribution in [2.75, 3.05) is 28.4 Å². The summed E-state index contributed by atoms with van der Waals surface area (Å²) in [5, 5.41) is 0. The molecule has 0 radical (unpaired) electrons. The second kappa shape index (κ2) is 14.2. The lowest BCUT2D eigenvalue weighted by Crippen LogP contribution is -2.65. The fourth-order valence-electron chi connectivity index (χ4n) is 3.23. The summed E-state index contributed by atoms with van der Waals surface area (Å²) in [7, 11) is 0.968. The zero-order chi connectivity index (χ0) is 28.3. The number of phosphoric ester groups is 1. The molecule has 2 unspecified atom stereocenters. The molecule has 0 saturated carbocycles. The average molecular weight is 551 g/mol. The topological polar surface area (TPSA) is 181 Å². The molecule has 13 heteroatoms. The number of hydrogen-bond acceptors (Lipinski definition) is 8. The summed E-state index contributed by atoms with van der Waals surface area (Å²) in [6.45, 7) is 1.56. The van der Waals surface area contributed by atoms with Crippen LogP contribution in [-0.4, -0.2) is 50.1 Å². The van der Waals surface area contributed by atoms with Crippen LogP contribution >= 0.6 is 7.82 Å². The molecule has 3 aromatic rings. The maximum absolute atomic E-state index is 11.0. The van der Waals surface area contributed by atoms with Gasteiger partial charge in [-0.1, -0.05) is 18.2 Å². The van der Waals surface area contributed by atoms with Gasteiger partial charge in [0, 0.05) is 6.92 Å². The van der Waals surface area contributed by atoms with Crippen LogP contribution < -0.4 is 39.1 Å². The van der Waals surface area contributed by atoms with E-state index < -0.39 is 7.82 Å². The molecular formula is C25H33N3O9P+. The van der Waals surface area contributed by atoms with Gasteiger partial charge >= 0.3 is 7.82 Å². The first-order chi connectivity index (χ1) is 18.0. The van der Waals surface area contributed by atoms with E-state index in [1.807, 2.05) is 6.20 Å². The number of ketones is 1. The number of methoxy groups -OCH3 is 4. The minimum absolute atomic E-state index is 0.120. The number of imidazole rings is 1. The van der Waals surface area contributed by atoms with Crippen LogP contribution in [-0.2, 0) is 15.8 Å². The van der Waals surface area contributed by atoms with Crippen LogP contribution in [0.4, 0.5) is 0 Å². The van der Waals surface area contributed by atoms with Gasteiger partial charge in [-0.05, 0) is 35.4 Å². The van der Waals surface area contributed by atoms with Crippen molar-refractivity contribution in [3.05, 3.63) is 59.7 Å². The Hall–Kier alpha value is -3.83. The molecule has 12 nitrogen and oxygen atoms in total. The number of aromatic amines is 2. The van der Waals surface area contributed by atoms with Crippen LogP contribution in [0.5, 0.6) is 28.7 Å². The van der Waals surface area contributed by atoms with Crippen LogP contribution in [0.25, 0.3) is 12.2 Å². The SMILES string of the molecule is CC(=O)C([NH3+])Cc1c[nH+]c[nH]1.COc1ccc(/C=C\c2cc(OC)c(OC)c(OC)c2)cc1OP(=O)([O-])O. The number of H-pyrrole nitrogens is 2. The highest BCUT2D eigenvalue weighted by Crippen LogP contribution is 2.40. The van der Waals surface area contributed by atoms with E-state index in [1.54, 1.807) is 43.6 Å². The first-order valence-electron chi connectivity index (χ1n) is 11.3. The number of carbonyl (C=O) groups excluding carboxylic acids is 1. The Balaban J connectivity index is 0.000000384. The zero-order valence-electron chi connectivity index (χ0n) is 21.8. The third-order valence-electron chi connectivity index (χ3n) is 5.20. The van der Waals surface area contributed by atoms with Gasteiger partial charge in [-0.2, -0.15) is 0 Å². The fourth-order valence-corrected chi connectivity index (χ4v) is 3.62. The van der Waals surface area contributed by atoms with Gasteiger partial charge in [0.05, 0.1) is 34.9 Å². The summed E-state index contributed by atoms with van der Waals surface area (Å²) in [6, 6.07) is 8.04. The molecular weight excluding hydrogens is 517 g/mol. The number of hydrogen-bond donors (Lipinski definition) is 3. The predicted molar refractivity (Wildman–Crippen MR) is 137 cm³/mol. The molecule has 0 fully saturated rings. The number of nitrogens with one attached hydrogen (secondary N) is 2. The van der Waals surface area contributed by atoms with Crippen LogP contribution in [0.2, 0.25) is 0 Å². The maximum Gasteiger partial charge on any atom is 0.317 e. The van der Waals surface area contributed by atoms with Crippen molar-refractivity contribution < 1.29 is 53.3 Å². The number of aromatic nitrogens is 2. The molecule has 0 spiro atoms. The first kappa shape index (κ1) is 30.4. The van der Waals surface area contributed by atoms with Gasteiger partial charge in [0.2, 0.25) is 12.1 Å². The highest BCUT2D eigenvalue weighted by molar-refractivity contribution is 7.45. The van der Waals surface area contributed by atoms with Crippen molar-refractivity contribution in [3.8, 4) is 28.7 Å². The van der Waals surface area contributed by atoms with Crippen LogP contribution in [0.1, 0.15) is 23.7 Å². The molecule has 206 valence electrons. The van der Waals surface area contributed by atoms with E-state index >= 15 is 0 Å². The summed E-state index contributed by atoms with van der Waals surface area (Å²) in [5.74, 6) is 1.66. The highest BCUT2D eigenvalue weighted by Gasteiger charge is 2.15. The molecule has 38 heavy (non-hydrogen) atoms. The van der Waals surface area contributed by atoms with Gasteiger partial charge in [0.15, 0.2) is 34.8 Å². The number of carbonyl (C=O) groups is 1. The lowest BCUT2D eigenvalue weighted by atomic mass is 10.1. The second-order valence-corrected chi connectivity index (χ2v) is 9.02. The Labute approximate surface area is 220 Å². The molecule has 0 aliphatic rings. The monoisotopic (exact) mass is 550 g/mol. The minimum Gasteiger partial charge on any atom is -0.746 e. The lowest BCUT2D eigenvalue weighted by Gasteiger charge is -2.18. The molecule has 0 saturated heterocycles. The van der Waals surface area contributed by atoms with Crippen molar-refractivity contribution in [1.82, 2.24) is 4.98 Å². The largest absolute Gasteiger partial charge is 0.746 e. The number of Topliss-reactive ketones (excluding diaryl/α,β-unsaturated/α-hetero) is 1. The molecule has 0 bridgehead atoms. The van der Waals surface area contributed by atoms with E-state index in [9.17, 15) is 14.3 Å². The second-order valence-electron chi connectivity index (χ2n) is 7.90. The van der Waals surface area contributed by atoms with E-state index in [1.165, 1.54) is 40.6 Å². The summed E-state index contributed by atoms with van der Waals surface area (Å²) in [5.41, 5.74) is 6.12. The van der Waals surface area contributed by atoms with Crippen molar-refractivity contribution in [1.29, 1.82) is 0 Å². The van der Waals surface area contributed by atoms with E-state index in [4.69, 9.17) is 23.8 Å². The molecule has 2 atom stereocenters. The van der Waals surface area contributed by atoms with Crippen LogP contribution in [0, 0.1) is 0 Å². The minimum atomic E-state index is -4.96. The summed E-state index contributed by atoms with van der Waals surface area (Å²) in [6.07, 6.45) is 7.73. The molecule has 0 aliphatic carbocycles. The number of benzene rings is 2. The Morgan fingerprint density at radius 1 is 1.03 bits per heavy atom. The van der Waals surface area contributed by atoms with E-state index in [0.717, 1.165) is 11.3 Å². The number of phosphoric acid groups is 1. The Morgan fingerprint density at radius 3 is 2.08 bits per heavy atom. The van der Waals surface area contributed by atoms with Crippen LogP contribution in [0.15, 0.2) is 42.9 Å². The Morgan fingerprint density at radius 2 is 1.61 bits per heavy atom. The third-order valence-corrected chi connectivity index (χ3v) is 5.62. The van der Waals surface area contributed by atoms with Crippen molar-refractivity contribution in [2.45, 2.75) is 19.4 Å². The lowest BCUT2D eigenvalue weighted by molar-refractivity contribution is -0.403. The number of ether oxygens (including phenoxy) is 4. The number of quaternary nitrogens is 1. The van der Waals surface area contributed by atoms with Gasteiger partial charge in [-0.15, -0.1) is 0 Å². The maximum atomic E-state index is 11.0. The Bertz CT molecular complexity index is 1250. The van der Waals surface area contributed by atoms with Gasteiger partial charge in [-0.25, -0.2) is 4.98 Å². The van der Waals surface area contributed by atoms with Gasteiger partial charge in [-0.3, -0.25) is 14.3 Å². The quantitative estimate of drug-likeness (QED) is 0.234. The standard InChI is InChI=1S/C18H21O8P.C7H11N3O/c1-22-14-8-7-12(9-15(14)26-27(19,20)21)5-6-13-10-16(23-2)18(25-4)17(11-13)24-3;1-5(11)7(8)2-6-3-9-4-10-6/h5-11H,1-4H3,(H2,19,20,21);3-4,7H,2,8H2,1H3,(H,9,10)/p+1/b6-5-;. The summed E-state index contributed by atoms with van der Waals surface area (Å²) < 4.78 is 36.5. The Kier molecular flexibility index (Phi) is 11.4. The average Bonchev–Trinajstić information content (AvgIpc) is 3.39. The van der Waals surface area contributed by atoms with Crippen molar-refractivity contribution >= 4 is 25.8 Å². The van der Waals surface area contributed by atoms with E-state index in [2.05, 4.69) is 20.2 Å². The number of rotatable bonds is 11. The summed E-state index contributed by atoms with van der Waals surface area (Å²) in [4.78, 5) is 36.6. The zero-order valence-corrected chi connectivity index (χ0v) is 22.7. The molecule has 1 aromatic heterocycles. The van der Waals surface area contributed by atoms with Crippen molar-refractivity contribution in [2.24, 2.45) is 0 Å². The van der Waals surface area contributed by atoms with Crippen LogP contribution in [0.3, 0.4) is 0 Å². The molecule has 6 N–H and O–H groups in total. The van der Waals surface area contributed by atoms with E-state index in [0.29, 0.717) is 29.2 Å². The molecule has 0 amide bonds. The van der Waals surface area contributed by atoms with Gasteiger partial charge in [0.1, 0.15) is 11.9 Å². The first-order valence-corrected chi connectivity index (χ1v) is 12.8. The smallest absolute Gasteiger partial charge is 0.317 e.